The summed E-state index contributed by atoms with van der Waals surface area (Å²) in [4.78, 5) is 39.2. The number of ether oxygens (including phenoxy) is 3. The van der Waals surface area contributed by atoms with Crippen molar-refractivity contribution < 1.29 is 32.7 Å². The second-order valence-electron chi connectivity index (χ2n) is 13.8. The summed E-state index contributed by atoms with van der Waals surface area (Å²) in [7, 11) is 0. The largest absolute Gasteiger partial charge is 0.461 e. The molecule has 2 aromatic carbocycles. The Balaban J connectivity index is 2.35. The minimum atomic E-state index is -2.29. The molecule has 5 atom stereocenters. The Morgan fingerprint density at radius 2 is 1.26 bits per heavy atom. The van der Waals surface area contributed by atoms with Crippen molar-refractivity contribution >= 4 is 18.3 Å². The van der Waals surface area contributed by atoms with Crippen molar-refractivity contribution in [1.82, 2.24) is 5.32 Å². The quantitative estimate of drug-likeness (QED) is 0.0497. The van der Waals surface area contributed by atoms with E-state index in [1.54, 1.807) is 0 Å². The fourth-order valence-corrected chi connectivity index (χ4v) is 6.29. The summed E-state index contributed by atoms with van der Waals surface area (Å²) in [5.41, 5.74) is 1.85. The molecule has 0 spiro atoms. The first-order valence-electron chi connectivity index (χ1n) is 20.8. The minimum Gasteiger partial charge on any atom is -0.461 e. The lowest BCUT2D eigenvalue weighted by atomic mass is 9.90. The Bertz CT molecular complexity index is 1250. The van der Waals surface area contributed by atoms with Crippen molar-refractivity contribution in [3.63, 3.8) is 0 Å². The zero-order valence-electron chi connectivity index (χ0n) is 34.1. The first kappa shape index (κ1) is 38.1. The fraction of sp³-hybridized carbons (Fsp3) is 0.651. The van der Waals surface area contributed by atoms with Crippen LogP contribution in [0.3, 0.4) is 0 Å². The molecule has 7 nitrogen and oxygen atoms in total. The molecular formula is C43H67NO6. The molecule has 0 radical (unpaired) electrons. The molecule has 0 heterocycles. The Labute approximate surface area is 307 Å². The van der Waals surface area contributed by atoms with Crippen LogP contribution in [0.1, 0.15) is 152 Å². The lowest BCUT2D eigenvalue weighted by molar-refractivity contribution is -0.162. The Kier molecular flexibility index (Phi) is 20.9. The third kappa shape index (κ3) is 19.3. The summed E-state index contributed by atoms with van der Waals surface area (Å²) in [5, 5.41) is 2.50. The summed E-state index contributed by atoms with van der Waals surface area (Å²) in [5.74, 6) is -2.45. The Hall–Kier alpha value is -3.19. The van der Waals surface area contributed by atoms with E-state index in [2.05, 4.69) is 19.2 Å². The molecule has 2 aromatic rings. The summed E-state index contributed by atoms with van der Waals surface area (Å²) < 4.78 is 42.1. The highest BCUT2D eigenvalue weighted by molar-refractivity contribution is 5.78. The summed E-state index contributed by atoms with van der Waals surface area (Å²) in [6.07, 6.45) is 14.6. The molecule has 0 saturated heterocycles. The van der Waals surface area contributed by atoms with Gasteiger partial charge in [0.1, 0.15) is 18.8 Å². The summed E-state index contributed by atoms with van der Waals surface area (Å²) >= 11 is 0. The summed E-state index contributed by atoms with van der Waals surface area (Å²) in [6.45, 7) is 4.03. The molecule has 2 rings (SSSR count). The van der Waals surface area contributed by atoms with Crippen molar-refractivity contribution in [2.75, 3.05) is 0 Å². The maximum atomic E-state index is 14.0. The minimum absolute atomic E-state index is 0.0847. The van der Waals surface area contributed by atoms with Crippen molar-refractivity contribution in [2.24, 2.45) is 11.8 Å². The molecule has 0 bridgehead atoms. The lowest BCUT2D eigenvalue weighted by Gasteiger charge is -2.30. The number of hydrogen-bond acceptors (Lipinski definition) is 6. The number of benzene rings is 2. The van der Waals surface area contributed by atoms with Crippen LogP contribution in [0.5, 0.6) is 0 Å². The molecule has 0 aliphatic heterocycles. The van der Waals surface area contributed by atoms with E-state index < -0.39 is 42.9 Å². The molecule has 1 N–H and O–H groups in total. The van der Waals surface area contributed by atoms with Gasteiger partial charge in [-0.3, -0.25) is 9.59 Å². The van der Waals surface area contributed by atoms with Crippen molar-refractivity contribution in [1.29, 1.82) is 0 Å². The smallest absolute Gasteiger partial charge is 0.328 e. The van der Waals surface area contributed by atoms with Crippen molar-refractivity contribution in [3.05, 3.63) is 71.8 Å². The van der Waals surface area contributed by atoms with E-state index in [1.807, 2.05) is 60.7 Å². The monoisotopic (exact) mass is 697 g/mol. The van der Waals surface area contributed by atoms with E-state index in [9.17, 15) is 14.4 Å². The molecule has 0 aliphatic carbocycles. The van der Waals surface area contributed by atoms with Crippen LogP contribution in [0, 0.1) is 11.8 Å². The third-order valence-electron chi connectivity index (χ3n) is 9.20. The number of hydrogen-bond donors (Lipinski definition) is 1. The molecule has 50 heavy (non-hydrogen) atoms. The zero-order valence-corrected chi connectivity index (χ0v) is 31.1. The number of nitrogens with one attached hydrogen (secondary N) is 1. The Morgan fingerprint density at radius 3 is 1.84 bits per heavy atom. The van der Waals surface area contributed by atoms with Crippen LogP contribution in [0.2, 0.25) is 0 Å². The van der Waals surface area contributed by atoms with Gasteiger partial charge in [-0.15, -0.1) is 0 Å². The van der Waals surface area contributed by atoms with Gasteiger partial charge in [0.25, 0.3) is 0 Å². The fourth-order valence-electron chi connectivity index (χ4n) is 6.29. The highest BCUT2D eigenvalue weighted by Crippen LogP contribution is 2.27. The number of carbonyl (C=O) groups excluding carboxylic acids is 3. The maximum absolute atomic E-state index is 14.0. The highest BCUT2D eigenvalue weighted by Gasteiger charge is 2.34. The molecule has 0 fully saturated rings. The maximum Gasteiger partial charge on any atom is 0.328 e. The van der Waals surface area contributed by atoms with Crippen LogP contribution >= 0.6 is 0 Å². The average molecular weight is 697 g/mol. The standard InChI is InChI=1S/C43H67NO6/c1-5-7-9-11-12-13-14-15-22-28-38(50-43(47)40(44-34-45)30-35(3)4)31-41(48-32-36-24-18-16-19-25-36)39(29-23-10-8-6-2)42(46)49-33-37-26-20-17-21-27-37/h16-21,24-27,34-35,38-41H,5-15,22-23,28-33H2,1-4H3,(H,44,45)/t38-,39?,40-,41-/m0/s1/i3D3/t35?,38-,39?,40-,41-. The van der Waals surface area contributed by atoms with Crippen molar-refractivity contribution in [2.45, 2.75) is 168 Å². The highest BCUT2D eigenvalue weighted by atomic mass is 16.6. The number of amides is 1. The van der Waals surface area contributed by atoms with Gasteiger partial charge in [-0.1, -0.05) is 165 Å². The third-order valence-corrected chi connectivity index (χ3v) is 9.20. The van der Waals surface area contributed by atoms with Gasteiger partial charge in [-0.25, -0.2) is 4.79 Å². The van der Waals surface area contributed by atoms with Crippen molar-refractivity contribution in [3.8, 4) is 0 Å². The predicted octanol–water partition coefficient (Wildman–Crippen LogP) is 10.3. The number of esters is 2. The van der Waals surface area contributed by atoms with Gasteiger partial charge in [0.05, 0.1) is 18.6 Å². The molecule has 7 heteroatoms. The normalized spacial score (nSPS) is 15.4. The van der Waals surface area contributed by atoms with E-state index in [0.29, 0.717) is 19.3 Å². The lowest BCUT2D eigenvalue weighted by Crippen LogP contribution is -2.42. The topological polar surface area (TPSA) is 90.9 Å². The van der Waals surface area contributed by atoms with Gasteiger partial charge < -0.3 is 19.5 Å². The Morgan fingerprint density at radius 1 is 0.720 bits per heavy atom. The van der Waals surface area contributed by atoms with Gasteiger partial charge in [-0.05, 0) is 42.7 Å². The van der Waals surface area contributed by atoms with Gasteiger partial charge >= 0.3 is 11.9 Å². The van der Waals surface area contributed by atoms with Gasteiger partial charge in [0.15, 0.2) is 0 Å². The predicted molar refractivity (Wildman–Crippen MR) is 202 cm³/mol. The van der Waals surface area contributed by atoms with Crippen LogP contribution in [0.15, 0.2) is 60.7 Å². The van der Waals surface area contributed by atoms with Crippen LogP contribution in [0.4, 0.5) is 0 Å². The molecule has 0 aliphatic rings. The molecule has 2 unspecified atom stereocenters. The molecule has 0 aromatic heterocycles. The van der Waals surface area contributed by atoms with E-state index in [1.165, 1.54) is 39.0 Å². The number of carbonyl (C=O) groups is 3. The van der Waals surface area contributed by atoms with E-state index >= 15 is 0 Å². The van der Waals surface area contributed by atoms with Gasteiger partial charge in [0.2, 0.25) is 6.41 Å². The number of rotatable bonds is 30. The second-order valence-corrected chi connectivity index (χ2v) is 13.8. The van der Waals surface area contributed by atoms with Crippen LogP contribution in [0.25, 0.3) is 0 Å². The number of unbranched alkanes of at least 4 members (excludes halogenated alkanes) is 11. The zero-order chi connectivity index (χ0) is 38.7. The molecule has 0 saturated carbocycles. The molecule has 280 valence electrons. The van der Waals surface area contributed by atoms with E-state index in [-0.39, 0.29) is 32.0 Å². The second kappa shape index (κ2) is 27.5. The first-order valence-corrected chi connectivity index (χ1v) is 19.3. The molecule has 1 amide bonds. The van der Waals surface area contributed by atoms with Crippen LogP contribution < -0.4 is 5.32 Å². The van der Waals surface area contributed by atoms with Gasteiger partial charge in [0, 0.05) is 10.5 Å². The average Bonchev–Trinajstić information content (AvgIpc) is 3.15. The van der Waals surface area contributed by atoms with E-state index in [0.717, 1.165) is 62.5 Å². The van der Waals surface area contributed by atoms with Crippen LogP contribution in [-0.2, 0) is 41.8 Å². The van der Waals surface area contributed by atoms with E-state index in [4.69, 9.17) is 18.3 Å². The first-order chi connectivity index (χ1) is 25.6. The van der Waals surface area contributed by atoms with Crippen LogP contribution in [-0.4, -0.2) is 36.6 Å². The van der Waals surface area contributed by atoms with Gasteiger partial charge in [-0.2, -0.15) is 0 Å². The molecular weight excluding hydrogens is 626 g/mol. The SMILES string of the molecule is [2H]C([2H])([2H])C(C)C[C@H](NC=O)C(=O)O[C@@H](CCCCCCCCCCC)C[C@H](OCc1ccccc1)C(CCCCCC)C(=O)OCc1ccccc1. The summed E-state index contributed by atoms with van der Waals surface area (Å²) in [6, 6.07) is 18.2.